The molecule has 0 aliphatic carbocycles. The summed E-state index contributed by atoms with van der Waals surface area (Å²) in [4.78, 5) is 0. The van der Waals surface area contributed by atoms with Crippen LogP contribution in [0.25, 0.3) is 0 Å². The monoisotopic (exact) mass is 354 g/mol. The van der Waals surface area contributed by atoms with Gasteiger partial charge in [-0.05, 0) is 0 Å². The molecule has 124 valence electrons. The van der Waals surface area contributed by atoms with Gasteiger partial charge in [-0.1, -0.05) is 0 Å². The van der Waals surface area contributed by atoms with Gasteiger partial charge >= 0.3 is 151 Å². The second kappa shape index (κ2) is 8.47. The van der Waals surface area contributed by atoms with Gasteiger partial charge in [-0.15, -0.1) is 0 Å². The van der Waals surface area contributed by atoms with Crippen LogP contribution in [0.4, 0.5) is 0 Å². The maximum absolute atomic E-state index is 5.98. The van der Waals surface area contributed by atoms with E-state index in [0.29, 0.717) is 0 Å². The van der Waals surface area contributed by atoms with Crippen molar-refractivity contribution < 1.29 is 0 Å². The predicted molar refractivity (Wildman–Crippen MR) is 111 cm³/mol. The molecule has 24 heavy (non-hydrogen) atoms. The van der Waals surface area contributed by atoms with Crippen molar-refractivity contribution in [3.63, 3.8) is 0 Å². The molecule has 0 radical (unpaired) electrons. The Hall–Kier alpha value is -1.62. The Labute approximate surface area is 150 Å². The zero-order valence-electron chi connectivity index (χ0n) is 13.9. The first-order valence-corrected chi connectivity index (χ1v) is 11.3. The van der Waals surface area contributed by atoms with E-state index in [1.54, 1.807) is 0 Å². The van der Waals surface area contributed by atoms with Crippen molar-refractivity contribution in [3.05, 3.63) is 91.0 Å². The SMILES string of the molecule is ClCCCC[PH](c1ccccc1)(c1ccccc1)c1ccccc1. The summed E-state index contributed by atoms with van der Waals surface area (Å²) in [7, 11) is -2.02. The fraction of sp³-hybridized carbons (Fsp3) is 0.182. The van der Waals surface area contributed by atoms with E-state index in [1.165, 1.54) is 22.1 Å². The first-order valence-electron chi connectivity index (χ1n) is 8.60. The molecule has 0 spiro atoms. The van der Waals surface area contributed by atoms with E-state index in [1.807, 2.05) is 0 Å². The van der Waals surface area contributed by atoms with Crippen LogP contribution in [0.2, 0.25) is 0 Å². The van der Waals surface area contributed by atoms with Crippen LogP contribution >= 0.6 is 18.9 Å². The van der Waals surface area contributed by atoms with Gasteiger partial charge in [0.05, 0.1) is 0 Å². The minimum absolute atomic E-state index is 0.739. The fourth-order valence-corrected chi connectivity index (χ4v) is 8.71. The predicted octanol–water partition coefficient (Wildman–Crippen LogP) is 4.73. The average molecular weight is 355 g/mol. The van der Waals surface area contributed by atoms with Gasteiger partial charge < -0.3 is 0 Å². The Balaban J connectivity index is 2.20. The summed E-state index contributed by atoms with van der Waals surface area (Å²) < 4.78 is 0. The van der Waals surface area contributed by atoms with Crippen molar-refractivity contribution in [1.82, 2.24) is 0 Å². The third-order valence-corrected chi connectivity index (χ3v) is 10.1. The molecule has 0 aliphatic heterocycles. The van der Waals surface area contributed by atoms with Crippen molar-refractivity contribution in [2.24, 2.45) is 0 Å². The van der Waals surface area contributed by atoms with Crippen LogP contribution < -0.4 is 15.9 Å². The minimum atomic E-state index is -2.02. The first-order chi connectivity index (χ1) is 11.9. The Morgan fingerprint density at radius 2 is 0.917 bits per heavy atom. The molecule has 0 saturated heterocycles. The zero-order chi connectivity index (χ0) is 16.7. The van der Waals surface area contributed by atoms with Gasteiger partial charge in [0.15, 0.2) is 0 Å². The van der Waals surface area contributed by atoms with Crippen molar-refractivity contribution in [1.29, 1.82) is 0 Å². The van der Waals surface area contributed by atoms with Crippen LogP contribution in [0, 0.1) is 0 Å². The summed E-state index contributed by atoms with van der Waals surface area (Å²) in [6.07, 6.45) is 3.43. The van der Waals surface area contributed by atoms with E-state index < -0.39 is 7.26 Å². The van der Waals surface area contributed by atoms with Crippen molar-refractivity contribution >= 4 is 34.8 Å². The molecule has 0 nitrogen and oxygen atoms in total. The van der Waals surface area contributed by atoms with Gasteiger partial charge in [-0.2, -0.15) is 0 Å². The molecule has 0 aromatic heterocycles. The molecule has 0 atom stereocenters. The Bertz CT molecular complexity index is 629. The van der Waals surface area contributed by atoms with Crippen LogP contribution in [-0.2, 0) is 0 Å². The molecule has 2 heteroatoms. The summed E-state index contributed by atoms with van der Waals surface area (Å²) in [5, 5.41) is 4.45. The normalized spacial score (nSPS) is 12.0. The number of alkyl halides is 1. The Morgan fingerprint density at radius 1 is 0.542 bits per heavy atom. The number of hydrogen-bond acceptors (Lipinski definition) is 0. The van der Waals surface area contributed by atoms with Gasteiger partial charge in [-0.3, -0.25) is 0 Å². The molecule has 0 unspecified atom stereocenters. The Kier molecular flexibility index (Phi) is 6.07. The van der Waals surface area contributed by atoms with Crippen molar-refractivity contribution in [2.75, 3.05) is 12.0 Å². The van der Waals surface area contributed by atoms with E-state index in [9.17, 15) is 0 Å². The molecule has 0 fully saturated rings. The maximum atomic E-state index is 5.98. The van der Waals surface area contributed by atoms with Crippen LogP contribution in [0.15, 0.2) is 91.0 Å². The van der Waals surface area contributed by atoms with E-state index in [4.69, 9.17) is 11.6 Å². The molecule has 0 aliphatic rings. The fourth-order valence-electron chi connectivity index (χ4n) is 3.59. The summed E-state index contributed by atoms with van der Waals surface area (Å²) in [6, 6.07) is 33.2. The van der Waals surface area contributed by atoms with Gasteiger partial charge in [0.25, 0.3) is 0 Å². The molecule has 0 bridgehead atoms. The topological polar surface area (TPSA) is 0 Å². The molecule has 0 N–H and O–H groups in total. The molecule has 3 aromatic rings. The molecular formula is C22H24ClP. The van der Waals surface area contributed by atoms with Crippen molar-refractivity contribution in [3.8, 4) is 0 Å². The van der Waals surface area contributed by atoms with Gasteiger partial charge in [0, 0.05) is 0 Å². The third kappa shape index (κ3) is 3.56. The summed E-state index contributed by atoms with van der Waals surface area (Å²) in [5.41, 5.74) is 0. The second-order valence-corrected chi connectivity index (χ2v) is 10.6. The summed E-state index contributed by atoms with van der Waals surface area (Å²) in [6.45, 7) is 0. The van der Waals surface area contributed by atoms with Crippen LogP contribution in [0.3, 0.4) is 0 Å². The van der Waals surface area contributed by atoms with E-state index in [-0.39, 0.29) is 0 Å². The molecule has 3 rings (SSSR count). The number of rotatable bonds is 7. The van der Waals surface area contributed by atoms with Gasteiger partial charge in [0.1, 0.15) is 0 Å². The zero-order valence-corrected chi connectivity index (χ0v) is 15.6. The van der Waals surface area contributed by atoms with E-state index >= 15 is 0 Å². The molecular weight excluding hydrogens is 331 g/mol. The third-order valence-electron chi connectivity index (χ3n) is 4.74. The van der Waals surface area contributed by atoms with Gasteiger partial charge in [0.2, 0.25) is 0 Å². The number of benzene rings is 3. The van der Waals surface area contributed by atoms with E-state index in [0.717, 1.165) is 18.7 Å². The number of hydrogen-bond donors (Lipinski definition) is 0. The summed E-state index contributed by atoms with van der Waals surface area (Å²) >= 11 is 5.98. The molecule has 0 amide bonds. The summed E-state index contributed by atoms with van der Waals surface area (Å²) in [5.74, 6) is 0.739. The van der Waals surface area contributed by atoms with Crippen LogP contribution in [0.5, 0.6) is 0 Å². The quantitative estimate of drug-likeness (QED) is 0.327. The number of halogens is 1. The Morgan fingerprint density at radius 3 is 1.25 bits per heavy atom. The van der Waals surface area contributed by atoms with Crippen LogP contribution in [0.1, 0.15) is 12.8 Å². The van der Waals surface area contributed by atoms with Crippen LogP contribution in [-0.4, -0.2) is 12.0 Å². The molecule has 0 heterocycles. The average Bonchev–Trinajstić information content (AvgIpc) is 2.68. The molecule has 3 aromatic carbocycles. The van der Waals surface area contributed by atoms with Crippen molar-refractivity contribution in [2.45, 2.75) is 12.8 Å². The van der Waals surface area contributed by atoms with Gasteiger partial charge in [-0.25, -0.2) is 0 Å². The molecule has 0 saturated carbocycles. The first kappa shape index (κ1) is 17.2. The number of unbranched alkanes of at least 4 members (excludes halogenated alkanes) is 1. The standard InChI is InChI=1S/C22H24ClP/c23-18-10-11-19-24(20-12-4-1-5-13-20,21-14-6-2-7-15-21)22-16-8-3-9-17-22/h1-9,12-17,24H,10-11,18-19H2. The second-order valence-electron chi connectivity index (χ2n) is 6.15. The van der Waals surface area contributed by atoms with E-state index in [2.05, 4.69) is 91.0 Å².